The molecule has 0 radical (unpaired) electrons. The van der Waals surface area contributed by atoms with E-state index in [9.17, 15) is 0 Å². The highest BCUT2D eigenvalue weighted by Gasteiger charge is 2.17. The van der Waals surface area contributed by atoms with E-state index in [0.29, 0.717) is 0 Å². The van der Waals surface area contributed by atoms with Crippen LogP contribution in [0.3, 0.4) is 0 Å². The smallest absolute Gasteiger partial charge is 0.0409 e. The normalized spacial score (nSPS) is 16.0. The summed E-state index contributed by atoms with van der Waals surface area (Å²) in [6.07, 6.45) is 2.10. The fourth-order valence-electron chi connectivity index (χ4n) is 2.56. The van der Waals surface area contributed by atoms with E-state index >= 15 is 0 Å². The molecule has 0 aliphatic heterocycles. The summed E-state index contributed by atoms with van der Waals surface area (Å²) >= 11 is 9.61. The van der Waals surface area contributed by atoms with Gasteiger partial charge in [0, 0.05) is 5.02 Å². The number of fused-ring (bicyclic) bond motifs is 2. The largest absolute Gasteiger partial charge is 0.0843 e. The molecule has 0 atom stereocenters. The molecule has 0 saturated carbocycles. The highest BCUT2D eigenvalue weighted by atomic mass is 79.9. The van der Waals surface area contributed by atoms with Crippen molar-refractivity contribution in [3.05, 3.63) is 74.7 Å². The van der Waals surface area contributed by atoms with Crippen LogP contribution in [0.2, 0.25) is 5.02 Å². The molecule has 0 fully saturated rings. The van der Waals surface area contributed by atoms with Gasteiger partial charge in [-0.15, -0.1) is 0 Å². The molecule has 2 heteroatoms. The number of hydrogen-bond donors (Lipinski definition) is 0. The van der Waals surface area contributed by atoms with Crippen LogP contribution in [0.25, 0.3) is 5.57 Å². The van der Waals surface area contributed by atoms with Crippen LogP contribution in [0.15, 0.2) is 47.4 Å². The van der Waals surface area contributed by atoms with Crippen molar-refractivity contribution in [3.8, 4) is 0 Å². The van der Waals surface area contributed by atoms with Gasteiger partial charge < -0.3 is 0 Å². The van der Waals surface area contributed by atoms with E-state index in [4.69, 9.17) is 11.6 Å². The fraction of sp³-hybridized carbons (Fsp3) is 0.125. The van der Waals surface area contributed by atoms with E-state index in [1.54, 1.807) is 0 Å². The Morgan fingerprint density at radius 3 is 2.50 bits per heavy atom. The van der Waals surface area contributed by atoms with E-state index in [1.807, 2.05) is 11.1 Å². The molecule has 0 spiro atoms. The predicted octanol–water partition coefficient (Wildman–Crippen LogP) is 5.22. The summed E-state index contributed by atoms with van der Waals surface area (Å²) in [5.41, 5.74) is 6.56. The maximum atomic E-state index is 6.10. The first-order valence-corrected chi connectivity index (χ1v) is 7.26. The Morgan fingerprint density at radius 2 is 1.67 bits per heavy atom. The summed E-state index contributed by atoms with van der Waals surface area (Å²) in [6.45, 7) is 0. The first kappa shape index (κ1) is 12.0. The van der Waals surface area contributed by atoms with Crippen LogP contribution < -0.4 is 0 Å². The standard InChI is InChI=1S/C16H12BrCl/c17-10-16-14-4-2-1-3-11(14)5-6-12-9-13(18)7-8-15(12)16/h1-4,7-10H,5-6H2. The Balaban J connectivity index is 2.25. The molecule has 2 aromatic carbocycles. The van der Waals surface area contributed by atoms with Crippen molar-refractivity contribution in [1.29, 1.82) is 0 Å². The molecule has 1 aliphatic carbocycles. The third kappa shape index (κ3) is 2.02. The van der Waals surface area contributed by atoms with Gasteiger partial charge in [0.25, 0.3) is 0 Å². The zero-order valence-electron chi connectivity index (χ0n) is 9.79. The Labute approximate surface area is 120 Å². The van der Waals surface area contributed by atoms with Gasteiger partial charge in [0.15, 0.2) is 0 Å². The van der Waals surface area contributed by atoms with Crippen LogP contribution in [-0.2, 0) is 12.8 Å². The molecule has 1 aliphatic rings. The van der Waals surface area contributed by atoms with Gasteiger partial charge >= 0.3 is 0 Å². The SMILES string of the molecule is Clc1ccc2c(c1)CCc1ccccc1C2=CBr. The summed E-state index contributed by atoms with van der Waals surface area (Å²) in [5, 5.41) is 0.814. The van der Waals surface area contributed by atoms with Crippen molar-refractivity contribution in [2.45, 2.75) is 12.8 Å². The second-order valence-electron chi connectivity index (χ2n) is 4.48. The average molecular weight is 320 g/mol. The Bertz CT molecular complexity index is 629. The molecule has 0 unspecified atom stereocenters. The maximum absolute atomic E-state index is 6.10. The van der Waals surface area contributed by atoms with Gasteiger partial charge in [-0.05, 0) is 57.8 Å². The van der Waals surface area contributed by atoms with Crippen LogP contribution >= 0.6 is 27.5 Å². The number of aryl methyl sites for hydroxylation is 2. The first-order chi connectivity index (χ1) is 8.79. The maximum Gasteiger partial charge on any atom is 0.0409 e. The summed E-state index contributed by atoms with van der Waals surface area (Å²) in [5.74, 6) is 0. The molecule has 0 N–H and O–H groups in total. The third-order valence-corrected chi connectivity index (χ3v) is 4.13. The zero-order valence-corrected chi connectivity index (χ0v) is 12.1. The minimum atomic E-state index is 0.814. The van der Waals surface area contributed by atoms with Crippen molar-refractivity contribution in [2.75, 3.05) is 0 Å². The topological polar surface area (TPSA) is 0 Å². The second kappa shape index (κ2) is 4.91. The molecule has 90 valence electrons. The molecule has 0 nitrogen and oxygen atoms in total. The number of halogens is 2. The third-order valence-electron chi connectivity index (χ3n) is 3.44. The zero-order chi connectivity index (χ0) is 12.5. The molecule has 0 heterocycles. The molecule has 3 rings (SSSR count). The Kier molecular flexibility index (Phi) is 3.27. The Hall–Kier alpha value is -1.05. The highest BCUT2D eigenvalue weighted by molar-refractivity contribution is 9.11. The van der Waals surface area contributed by atoms with Crippen LogP contribution in [0.1, 0.15) is 22.3 Å². The van der Waals surface area contributed by atoms with Crippen LogP contribution in [-0.4, -0.2) is 0 Å². The van der Waals surface area contributed by atoms with E-state index < -0.39 is 0 Å². The minimum Gasteiger partial charge on any atom is -0.0843 e. The molecule has 2 aromatic rings. The van der Waals surface area contributed by atoms with Crippen molar-refractivity contribution < 1.29 is 0 Å². The molecule has 0 bridgehead atoms. The molecule has 0 amide bonds. The van der Waals surface area contributed by atoms with Crippen LogP contribution in [0, 0.1) is 0 Å². The fourth-order valence-corrected chi connectivity index (χ4v) is 3.25. The van der Waals surface area contributed by atoms with E-state index in [2.05, 4.69) is 52.3 Å². The van der Waals surface area contributed by atoms with Gasteiger partial charge in [0.05, 0.1) is 0 Å². The summed E-state index contributed by atoms with van der Waals surface area (Å²) in [6, 6.07) is 14.8. The highest BCUT2D eigenvalue weighted by Crippen LogP contribution is 2.35. The summed E-state index contributed by atoms with van der Waals surface area (Å²) < 4.78 is 0. The first-order valence-electron chi connectivity index (χ1n) is 5.97. The number of rotatable bonds is 0. The quantitative estimate of drug-likeness (QED) is 0.624. The number of hydrogen-bond acceptors (Lipinski definition) is 0. The molecular weight excluding hydrogens is 308 g/mol. The lowest BCUT2D eigenvalue weighted by atomic mass is 9.96. The predicted molar refractivity (Wildman–Crippen MR) is 81.3 cm³/mol. The van der Waals surface area contributed by atoms with Gasteiger partial charge in [-0.1, -0.05) is 57.9 Å². The van der Waals surface area contributed by atoms with E-state index in [0.717, 1.165) is 17.9 Å². The van der Waals surface area contributed by atoms with Crippen molar-refractivity contribution in [1.82, 2.24) is 0 Å². The lowest BCUT2D eigenvalue weighted by Gasteiger charge is -2.10. The molecular formula is C16H12BrCl. The van der Waals surface area contributed by atoms with Gasteiger partial charge in [0.1, 0.15) is 0 Å². The average Bonchev–Trinajstić information content (AvgIpc) is 2.55. The second-order valence-corrected chi connectivity index (χ2v) is 5.38. The molecule has 0 saturated heterocycles. The van der Waals surface area contributed by atoms with Gasteiger partial charge in [-0.25, -0.2) is 0 Å². The van der Waals surface area contributed by atoms with E-state index in [-0.39, 0.29) is 0 Å². The molecule has 0 aromatic heterocycles. The number of benzene rings is 2. The van der Waals surface area contributed by atoms with E-state index in [1.165, 1.54) is 27.8 Å². The van der Waals surface area contributed by atoms with Crippen molar-refractivity contribution in [3.63, 3.8) is 0 Å². The monoisotopic (exact) mass is 318 g/mol. The minimum absolute atomic E-state index is 0.814. The van der Waals surface area contributed by atoms with Gasteiger partial charge in [-0.2, -0.15) is 0 Å². The Morgan fingerprint density at radius 1 is 0.944 bits per heavy atom. The summed E-state index contributed by atoms with van der Waals surface area (Å²) in [4.78, 5) is 2.02. The molecule has 18 heavy (non-hydrogen) atoms. The lowest BCUT2D eigenvalue weighted by Crippen LogP contribution is -1.91. The van der Waals surface area contributed by atoms with Crippen molar-refractivity contribution >= 4 is 33.1 Å². The van der Waals surface area contributed by atoms with Gasteiger partial charge in [0.2, 0.25) is 0 Å². The van der Waals surface area contributed by atoms with Crippen LogP contribution in [0.4, 0.5) is 0 Å². The van der Waals surface area contributed by atoms with Crippen molar-refractivity contribution in [2.24, 2.45) is 0 Å². The van der Waals surface area contributed by atoms with Gasteiger partial charge in [-0.3, -0.25) is 0 Å². The lowest BCUT2D eigenvalue weighted by molar-refractivity contribution is 0.965. The summed E-state index contributed by atoms with van der Waals surface area (Å²) in [7, 11) is 0. The van der Waals surface area contributed by atoms with Crippen LogP contribution in [0.5, 0.6) is 0 Å².